The fourth-order valence-corrected chi connectivity index (χ4v) is 1.72. The second kappa shape index (κ2) is 4.35. The highest BCUT2D eigenvalue weighted by molar-refractivity contribution is 5.71. The van der Waals surface area contributed by atoms with Gasteiger partial charge in [-0.25, -0.2) is 4.39 Å². The highest BCUT2D eigenvalue weighted by atomic mass is 19.1. The summed E-state index contributed by atoms with van der Waals surface area (Å²) in [5.74, 6) is 0.499. The van der Waals surface area contributed by atoms with Crippen molar-refractivity contribution in [1.29, 1.82) is 0 Å². The Morgan fingerprint density at radius 1 is 0.938 bits per heavy atom. The van der Waals surface area contributed by atoms with Crippen LogP contribution >= 0.6 is 0 Å². The predicted molar refractivity (Wildman–Crippen MR) is 63.1 cm³/mol. The van der Waals surface area contributed by atoms with Crippen molar-refractivity contribution in [2.24, 2.45) is 0 Å². The summed E-state index contributed by atoms with van der Waals surface area (Å²) in [6, 6.07) is 12.8. The van der Waals surface area contributed by atoms with Crippen LogP contribution in [0.25, 0.3) is 11.1 Å². The van der Waals surface area contributed by atoms with Gasteiger partial charge in [-0.05, 0) is 18.6 Å². The lowest BCUT2D eigenvalue weighted by atomic mass is 10.0. The fraction of sp³-hybridized carbons (Fsp3) is 0.143. The molecule has 0 atom stereocenters. The molecule has 2 aromatic carbocycles. The molecule has 0 aromatic heterocycles. The topological polar surface area (TPSA) is 9.23 Å². The van der Waals surface area contributed by atoms with Gasteiger partial charge in [-0.2, -0.15) is 0 Å². The first-order valence-corrected chi connectivity index (χ1v) is 5.12. The molecule has 0 spiro atoms. The quantitative estimate of drug-likeness (QED) is 0.741. The SMILES string of the molecule is COc1ccccc1-c1cccc(C)c1F. The third kappa shape index (κ3) is 1.78. The van der Waals surface area contributed by atoms with Gasteiger partial charge in [0.1, 0.15) is 11.6 Å². The Bertz CT molecular complexity index is 506. The summed E-state index contributed by atoms with van der Waals surface area (Å²) in [6.45, 7) is 1.76. The van der Waals surface area contributed by atoms with E-state index < -0.39 is 0 Å². The highest BCUT2D eigenvalue weighted by Crippen LogP contribution is 2.32. The van der Waals surface area contributed by atoms with Crippen molar-refractivity contribution >= 4 is 0 Å². The van der Waals surface area contributed by atoms with Gasteiger partial charge in [-0.15, -0.1) is 0 Å². The average Bonchev–Trinajstić information content (AvgIpc) is 2.33. The summed E-state index contributed by atoms with van der Waals surface area (Å²) in [7, 11) is 1.59. The van der Waals surface area contributed by atoms with Gasteiger partial charge in [0.15, 0.2) is 0 Å². The molecule has 0 aliphatic heterocycles. The van der Waals surface area contributed by atoms with Crippen molar-refractivity contribution in [2.45, 2.75) is 6.92 Å². The van der Waals surface area contributed by atoms with Gasteiger partial charge in [0, 0.05) is 11.1 Å². The van der Waals surface area contributed by atoms with E-state index in [0.29, 0.717) is 16.9 Å². The van der Waals surface area contributed by atoms with E-state index >= 15 is 0 Å². The van der Waals surface area contributed by atoms with Gasteiger partial charge in [0.2, 0.25) is 0 Å². The molecule has 0 radical (unpaired) electrons. The summed E-state index contributed by atoms with van der Waals surface area (Å²) in [6.07, 6.45) is 0. The third-order valence-corrected chi connectivity index (χ3v) is 2.59. The Morgan fingerprint density at radius 3 is 2.38 bits per heavy atom. The lowest BCUT2D eigenvalue weighted by molar-refractivity contribution is 0.416. The fourth-order valence-electron chi connectivity index (χ4n) is 1.72. The molecule has 0 bridgehead atoms. The molecule has 82 valence electrons. The van der Waals surface area contributed by atoms with Gasteiger partial charge in [0.05, 0.1) is 7.11 Å². The van der Waals surface area contributed by atoms with Crippen LogP contribution in [-0.4, -0.2) is 7.11 Å². The number of ether oxygens (including phenoxy) is 1. The van der Waals surface area contributed by atoms with Gasteiger partial charge < -0.3 is 4.74 Å². The average molecular weight is 216 g/mol. The number of methoxy groups -OCH3 is 1. The summed E-state index contributed by atoms with van der Waals surface area (Å²) in [5.41, 5.74) is 2.01. The molecule has 2 heteroatoms. The molecule has 0 saturated carbocycles. The third-order valence-electron chi connectivity index (χ3n) is 2.59. The molecule has 0 saturated heterocycles. The largest absolute Gasteiger partial charge is 0.496 e. The molecule has 0 aliphatic rings. The van der Waals surface area contributed by atoms with Crippen LogP contribution in [0.2, 0.25) is 0 Å². The number of aryl methyl sites for hydroxylation is 1. The molecule has 0 aliphatic carbocycles. The van der Waals surface area contributed by atoms with Crippen molar-refractivity contribution < 1.29 is 9.13 Å². The molecule has 0 fully saturated rings. The zero-order valence-corrected chi connectivity index (χ0v) is 9.33. The first-order valence-electron chi connectivity index (χ1n) is 5.12. The van der Waals surface area contributed by atoms with E-state index in [1.54, 1.807) is 26.2 Å². The zero-order chi connectivity index (χ0) is 11.5. The maximum Gasteiger partial charge on any atom is 0.134 e. The summed E-state index contributed by atoms with van der Waals surface area (Å²) in [4.78, 5) is 0. The van der Waals surface area contributed by atoms with E-state index in [4.69, 9.17) is 4.74 Å². The molecule has 2 rings (SSSR count). The van der Waals surface area contributed by atoms with Crippen molar-refractivity contribution in [1.82, 2.24) is 0 Å². The zero-order valence-electron chi connectivity index (χ0n) is 9.33. The first-order chi connectivity index (χ1) is 7.74. The van der Waals surface area contributed by atoms with Crippen LogP contribution in [0.4, 0.5) is 4.39 Å². The van der Waals surface area contributed by atoms with Crippen LogP contribution in [0.1, 0.15) is 5.56 Å². The number of hydrogen-bond donors (Lipinski definition) is 0. The van der Waals surface area contributed by atoms with Crippen molar-refractivity contribution in [3.8, 4) is 16.9 Å². The summed E-state index contributed by atoms with van der Waals surface area (Å²) < 4.78 is 19.2. The predicted octanol–water partition coefficient (Wildman–Crippen LogP) is 3.81. The molecule has 0 amide bonds. The molecule has 0 N–H and O–H groups in total. The normalized spacial score (nSPS) is 10.2. The van der Waals surface area contributed by atoms with Crippen LogP contribution in [-0.2, 0) is 0 Å². The molecule has 0 unspecified atom stereocenters. The van der Waals surface area contributed by atoms with E-state index in [9.17, 15) is 4.39 Å². The van der Waals surface area contributed by atoms with Crippen molar-refractivity contribution in [3.63, 3.8) is 0 Å². The standard InChI is InChI=1S/C14H13FO/c1-10-6-5-8-12(14(10)15)11-7-3-4-9-13(11)16-2/h3-9H,1-2H3. The smallest absolute Gasteiger partial charge is 0.134 e. The Balaban J connectivity index is 2.63. The Hall–Kier alpha value is -1.83. The molecule has 0 heterocycles. The summed E-state index contributed by atoms with van der Waals surface area (Å²) >= 11 is 0. The minimum atomic E-state index is -0.188. The van der Waals surface area contributed by atoms with E-state index in [-0.39, 0.29) is 5.82 Å². The van der Waals surface area contributed by atoms with Crippen molar-refractivity contribution in [2.75, 3.05) is 7.11 Å². The molecule has 1 nitrogen and oxygen atoms in total. The number of halogens is 1. The first kappa shape index (κ1) is 10.7. The monoisotopic (exact) mass is 216 g/mol. The van der Waals surface area contributed by atoms with Crippen LogP contribution in [0.5, 0.6) is 5.75 Å². The highest BCUT2D eigenvalue weighted by Gasteiger charge is 2.10. The van der Waals surface area contributed by atoms with E-state index in [1.165, 1.54) is 0 Å². The second-order valence-corrected chi connectivity index (χ2v) is 3.64. The molecular weight excluding hydrogens is 203 g/mol. The van der Waals surface area contributed by atoms with E-state index in [0.717, 1.165) is 5.56 Å². The maximum atomic E-state index is 13.9. The number of rotatable bonds is 2. The Kier molecular flexibility index (Phi) is 2.91. The van der Waals surface area contributed by atoms with Gasteiger partial charge in [0.25, 0.3) is 0 Å². The number of hydrogen-bond acceptors (Lipinski definition) is 1. The molecular formula is C14H13FO. The van der Waals surface area contributed by atoms with Crippen LogP contribution in [0, 0.1) is 12.7 Å². The van der Waals surface area contributed by atoms with Crippen LogP contribution in [0.3, 0.4) is 0 Å². The van der Waals surface area contributed by atoms with Crippen molar-refractivity contribution in [3.05, 3.63) is 53.8 Å². The Morgan fingerprint density at radius 2 is 1.62 bits per heavy atom. The lowest BCUT2D eigenvalue weighted by Crippen LogP contribution is -1.91. The van der Waals surface area contributed by atoms with Crippen LogP contribution in [0.15, 0.2) is 42.5 Å². The maximum absolute atomic E-state index is 13.9. The molecule has 2 aromatic rings. The van der Waals surface area contributed by atoms with Gasteiger partial charge in [-0.3, -0.25) is 0 Å². The van der Waals surface area contributed by atoms with Gasteiger partial charge in [-0.1, -0.05) is 36.4 Å². The van der Waals surface area contributed by atoms with Crippen LogP contribution < -0.4 is 4.74 Å². The minimum Gasteiger partial charge on any atom is -0.496 e. The number of para-hydroxylation sites is 1. The van der Waals surface area contributed by atoms with E-state index in [1.807, 2.05) is 30.3 Å². The molecule has 16 heavy (non-hydrogen) atoms. The summed E-state index contributed by atoms with van der Waals surface area (Å²) in [5, 5.41) is 0. The Labute approximate surface area is 94.5 Å². The van der Waals surface area contributed by atoms with Gasteiger partial charge >= 0.3 is 0 Å². The second-order valence-electron chi connectivity index (χ2n) is 3.64. The number of benzene rings is 2. The minimum absolute atomic E-state index is 0.188. The lowest BCUT2D eigenvalue weighted by Gasteiger charge is -2.10. The van der Waals surface area contributed by atoms with E-state index in [2.05, 4.69) is 0 Å².